The van der Waals surface area contributed by atoms with Crippen LogP contribution in [0.5, 0.6) is 5.75 Å². The molecule has 1 amide bonds. The summed E-state index contributed by atoms with van der Waals surface area (Å²) in [6, 6.07) is 22.2. The molecule has 0 aliphatic heterocycles. The second kappa shape index (κ2) is 8.80. The molecule has 0 bridgehead atoms. The number of nitrogens with one attached hydrogen (secondary N) is 1. The molecule has 0 aliphatic carbocycles. The Morgan fingerprint density at radius 3 is 2.40 bits per heavy atom. The Labute approximate surface area is 177 Å². The summed E-state index contributed by atoms with van der Waals surface area (Å²) >= 11 is 5.90. The third-order valence-electron chi connectivity index (χ3n) is 4.33. The molecular weight excluding hydrogens is 405 g/mol. The van der Waals surface area contributed by atoms with Gasteiger partial charge in [0.05, 0.1) is 11.9 Å². The Morgan fingerprint density at radius 1 is 1.00 bits per heavy atom. The fraction of sp³-hybridized carbons (Fsp3) is 0.0435. The van der Waals surface area contributed by atoms with E-state index in [-0.39, 0.29) is 18.1 Å². The number of anilines is 1. The first-order valence-corrected chi connectivity index (χ1v) is 9.55. The summed E-state index contributed by atoms with van der Waals surface area (Å²) in [5, 5.41) is 7.72. The second-order valence-electron chi connectivity index (χ2n) is 6.50. The minimum atomic E-state index is -0.429. The molecule has 0 radical (unpaired) electrons. The lowest BCUT2D eigenvalue weighted by atomic mass is 10.2. The van der Waals surface area contributed by atoms with Crippen LogP contribution >= 0.6 is 11.6 Å². The van der Waals surface area contributed by atoms with Gasteiger partial charge < -0.3 is 10.1 Å². The van der Waals surface area contributed by atoms with E-state index in [4.69, 9.17) is 16.3 Å². The van der Waals surface area contributed by atoms with Gasteiger partial charge >= 0.3 is 0 Å². The Hall–Kier alpha value is -3.64. The molecule has 0 aliphatic rings. The van der Waals surface area contributed by atoms with Gasteiger partial charge in [0.2, 0.25) is 0 Å². The summed E-state index contributed by atoms with van der Waals surface area (Å²) < 4.78 is 20.6. The summed E-state index contributed by atoms with van der Waals surface area (Å²) in [7, 11) is 0. The maximum Gasteiger partial charge on any atom is 0.280 e. The number of ether oxygens (including phenoxy) is 1. The van der Waals surface area contributed by atoms with Crippen LogP contribution in [0, 0.1) is 5.82 Å². The number of nitrogens with zero attached hydrogens (tertiary/aromatic N) is 2. The van der Waals surface area contributed by atoms with Crippen LogP contribution in [0.2, 0.25) is 5.02 Å². The van der Waals surface area contributed by atoms with Crippen LogP contribution in [0.3, 0.4) is 0 Å². The topological polar surface area (TPSA) is 56.2 Å². The average Bonchev–Trinajstić information content (AvgIpc) is 3.19. The number of halogens is 2. The number of hydrogen-bond acceptors (Lipinski definition) is 3. The number of benzene rings is 3. The lowest BCUT2D eigenvalue weighted by Crippen LogP contribution is -2.14. The predicted molar refractivity (Wildman–Crippen MR) is 114 cm³/mol. The fourth-order valence-electron chi connectivity index (χ4n) is 2.81. The second-order valence-corrected chi connectivity index (χ2v) is 6.93. The number of hydrogen-bond donors (Lipinski definition) is 1. The minimum absolute atomic E-state index is 0.116. The van der Waals surface area contributed by atoms with Gasteiger partial charge in [0, 0.05) is 10.7 Å². The SMILES string of the molecule is O=C(Nc1ccc(Cl)cc1)c1nn(-c2ccc(F)cc2)cc1OCc1ccccc1. The van der Waals surface area contributed by atoms with Gasteiger partial charge in [-0.05, 0) is 54.1 Å². The minimum Gasteiger partial charge on any atom is -0.485 e. The first kappa shape index (κ1) is 19.7. The first-order valence-electron chi connectivity index (χ1n) is 9.18. The molecular formula is C23H17ClFN3O2. The van der Waals surface area contributed by atoms with Crippen molar-refractivity contribution < 1.29 is 13.9 Å². The summed E-state index contributed by atoms with van der Waals surface area (Å²) in [4.78, 5) is 12.9. The smallest absolute Gasteiger partial charge is 0.280 e. The third-order valence-corrected chi connectivity index (χ3v) is 4.58. The standard InChI is InChI=1S/C23H17ClFN3O2/c24-17-6-10-19(11-7-17)26-23(29)22-21(30-15-16-4-2-1-3-5-16)14-28(27-22)20-12-8-18(25)9-13-20/h1-14H,15H2,(H,26,29). The highest BCUT2D eigenvalue weighted by molar-refractivity contribution is 6.30. The molecule has 1 N–H and O–H groups in total. The van der Waals surface area contributed by atoms with Crippen LogP contribution < -0.4 is 10.1 Å². The van der Waals surface area contributed by atoms with Crippen molar-refractivity contribution in [1.82, 2.24) is 9.78 Å². The van der Waals surface area contributed by atoms with E-state index < -0.39 is 5.91 Å². The zero-order valence-electron chi connectivity index (χ0n) is 15.8. The molecule has 150 valence electrons. The van der Waals surface area contributed by atoms with Crippen LogP contribution in [-0.4, -0.2) is 15.7 Å². The first-order chi connectivity index (χ1) is 14.6. The quantitative estimate of drug-likeness (QED) is 0.447. The van der Waals surface area contributed by atoms with Crippen molar-refractivity contribution in [2.75, 3.05) is 5.32 Å². The highest BCUT2D eigenvalue weighted by atomic mass is 35.5. The van der Waals surface area contributed by atoms with Gasteiger partial charge in [0.15, 0.2) is 11.4 Å². The van der Waals surface area contributed by atoms with Gasteiger partial charge in [-0.2, -0.15) is 5.10 Å². The maximum absolute atomic E-state index is 13.3. The molecule has 5 nitrogen and oxygen atoms in total. The molecule has 0 spiro atoms. The molecule has 0 fully saturated rings. The normalized spacial score (nSPS) is 10.6. The van der Waals surface area contributed by atoms with E-state index in [1.165, 1.54) is 16.8 Å². The summed E-state index contributed by atoms with van der Waals surface area (Å²) in [6.45, 7) is 0.275. The van der Waals surface area contributed by atoms with Gasteiger partial charge in [0.1, 0.15) is 12.4 Å². The molecule has 0 unspecified atom stereocenters. The summed E-state index contributed by atoms with van der Waals surface area (Å²) in [5.41, 5.74) is 2.25. The number of carbonyl (C=O) groups is 1. The van der Waals surface area contributed by atoms with E-state index in [1.807, 2.05) is 30.3 Å². The Bertz CT molecular complexity index is 1140. The third kappa shape index (κ3) is 4.67. The Kier molecular flexibility index (Phi) is 5.77. The lowest BCUT2D eigenvalue weighted by Gasteiger charge is -2.07. The van der Waals surface area contributed by atoms with Crippen molar-refractivity contribution in [3.05, 3.63) is 107 Å². The molecule has 4 aromatic rings. The monoisotopic (exact) mass is 421 g/mol. The van der Waals surface area contributed by atoms with E-state index >= 15 is 0 Å². The van der Waals surface area contributed by atoms with Crippen molar-refractivity contribution >= 4 is 23.2 Å². The Balaban J connectivity index is 1.62. The zero-order chi connectivity index (χ0) is 20.9. The fourth-order valence-corrected chi connectivity index (χ4v) is 2.93. The number of amides is 1. The van der Waals surface area contributed by atoms with Crippen molar-refractivity contribution in [2.45, 2.75) is 6.61 Å². The van der Waals surface area contributed by atoms with E-state index in [0.29, 0.717) is 22.1 Å². The molecule has 4 rings (SSSR count). The van der Waals surface area contributed by atoms with Crippen LogP contribution in [0.4, 0.5) is 10.1 Å². The van der Waals surface area contributed by atoms with E-state index in [1.54, 1.807) is 42.6 Å². The van der Waals surface area contributed by atoms with Crippen LogP contribution in [0.15, 0.2) is 85.1 Å². The van der Waals surface area contributed by atoms with Gasteiger partial charge in [0.25, 0.3) is 5.91 Å². The van der Waals surface area contributed by atoms with Crippen LogP contribution in [0.1, 0.15) is 16.1 Å². The van der Waals surface area contributed by atoms with Crippen molar-refractivity contribution in [3.63, 3.8) is 0 Å². The highest BCUT2D eigenvalue weighted by Crippen LogP contribution is 2.23. The van der Waals surface area contributed by atoms with E-state index in [0.717, 1.165) is 5.56 Å². The molecule has 1 aromatic heterocycles. The van der Waals surface area contributed by atoms with Crippen LogP contribution in [0.25, 0.3) is 5.69 Å². The molecule has 3 aromatic carbocycles. The Morgan fingerprint density at radius 2 is 1.70 bits per heavy atom. The molecule has 0 saturated carbocycles. The number of carbonyl (C=O) groups excluding carboxylic acids is 1. The van der Waals surface area contributed by atoms with Gasteiger partial charge in [-0.25, -0.2) is 9.07 Å². The average molecular weight is 422 g/mol. The van der Waals surface area contributed by atoms with Crippen LogP contribution in [-0.2, 0) is 6.61 Å². The van der Waals surface area contributed by atoms with Crippen molar-refractivity contribution in [2.24, 2.45) is 0 Å². The highest BCUT2D eigenvalue weighted by Gasteiger charge is 2.19. The molecule has 0 saturated heterocycles. The van der Waals surface area contributed by atoms with E-state index in [9.17, 15) is 9.18 Å². The zero-order valence-corrected chi connectivity index (χ0v) is 16.5. The molecule has 7 heteroatoms. The predicted octanol–water partition coefficient (Wildman–Crippen LogP) is 5.50. The maximum atomic E-state index is 13.3. The van der Waals surface area contributed by atoms with Gasteiger partial charge in [-0.1, -0.05) is 41.9 Å². The molecule has 0 atom stereocenters. The summed E-state index contributed by atoms with van der Waals surface area (Å²) in [5.74, 6) is -0.469. The number of rotatable bonds is 6. The summed E-state index contributed by atoms with van der Waals surface area (Å²) in [6.07, 6.45) is 1.60. The van der Waals surface area contributed by atoms with Crippen molar-refractivity contribution in [1.29, 1.82) is 0 Å². The van der Waals surface area contributed by atoms with Crippen molar-refractivity contribution in [3.8, 4) is 11.4 Å². The van der Waals surface area contributed by atoms with Gasteiger partial charge in [-0.15, -0.1) is 0 Å². The van der Waals surface area contributed by atoms with Gasteiger partial charge in [-0.3, -0.25) is 4.79 Å². The largest absolute Gasteiger partial charge is 0.485 e. The molecule has 30 heavy (non-hydrogen) atoms. The lowest BCUT2D eigenvalue weighted by molar-refractivity contribution is 0.101. The molecule has 1 heterocycles. The van der Waals surface area contributed by atoms with E-state index in [2.05, 4.69) is 10.4 Å². The number of aromatic nitrogens is 2.